The molecule has 5 nitrogen and oxygen atoms in total. The molecule has 0 aromatic carbocycles. The van der Waals surface area contributed by atoms with Gasteiger partial charge in [-0.3, -0.25) is 11.3 Å². The Balaban J connectivity index is 2.54. The van der Waals surface area contributed by atoms with Crippen molar-refractivity contribution in [3.05, 3.63) is 16.3 Å². The first kappa shape index (κ1) is 14.4. The number of nitrogens with one attached hydrogen (secondary N) is 1. The van der Waals surface area contributed by atoms with Gasteiger partial charge in [0.2, 0.25) is 0 Å². The lowest BCUT2D eigenvalue weighted by Gasteiger charge is -2.13. The summed E-state index contributed by atoms with van der Waals surface area (Å²) in [6, 6.07) is 1.89. The van der Waals surface area contributed by atoms with Gasteiger partial charge in [0.05, 0.1) is 13.2 Å². The van der Waals surface area contributed by atoms with Gasteiger partial charge in [0, 0.05) is 22.3 Å². The molecule has 0 aliphatic rings. The number of methoxy groups -OCH3 is 1. The van der Waals surface area contributed by atoms with Crippen LogP contribution in [0.2, 0.25) is 0 Å². The molecular formula is C10H18N2O3S2. The zero-order chi connectivity index (χ0) is 12.9. The second kappa shape index (κ2) is 6.34. The molecule has 1 atom stereocenters. The highest BCUT2D eigenvalue weighted by molar-refractivity contribution is 7.90. The Morgan fingerprint density at radius 2 is 2.29 bits per heavy atom. The van der Waals surface area contributed by atoms with E-state index >= 15 is 0 Å². The van der Waals surface area contributed by atoms with Crippen LogP contribution in [0.15, 0.2) is 11.4 Å². The number of hydrazine groups is 1. The summed E-state index contributed by atoms with van der Waals surface area (Å²) in [5.41, 5.74) is 2.70. The SMILES string of the molecule is COc1csc(C(CCCS(C)(=O)=O)NN)c1. The van der Waals surface area contributed by atoms with Gasteiger partial charge >= 0.3 is 0 Å². The van der Waals surface area contributed by atoms with Gasteiger partial charge in [-0.05, 0) is 18.9 Å². The van der Waals surface area contributed by atoms with Crippen molar-refractivity contribution >= 4 is 21.2 Å². The summed E-state index contributed by atoms with van der Waals surface area (Å²) in [6.07, 6.45) is 2.52. The smallest absolute Gasteiger partial charge is 0.147 e. The molecule has 0 spiro atoms. The van der Waals surface area contributed by atoms with Crippen LogP contribution in [-0.4, -0.2) is 27.5 Å². The molecule has 1 aromatic heterocycles. The van der Waals surface area contributed by atoms with Crippen molar-refractivity contribution in [2.75, 3.05) is 19.1 Å². The minimum Gasteiger partial charge on any atom is -0.496 e. The van der Waals surface area contributed by atoms with E-state index in [0.29, 0.717) is 12.8 Å². The fraction of sp³-hybridized carbons (Fsp3) is 0.600. The highest BCUT2D eigenvalue weighted by Crippen LogP contribution is 2.28. The second-order valence-electron chi connectivity index (χ2n) is 3.88. The van der Waals surface area contributed by atoms with E-state index in [-0.39, 0.29) is 11.8 Å². The molecule has 0 radical (unpaired) electrons. The van der Waals surface area contributed by atoms with Crippen LogP contribution in [0.4, 0.5) is 0 Å². The molecule has 0 aliphatic heterocycles. The Morgan fingerprint density at radius 1 is 1.59 bits per heavy atom. The van der Waals surface area contributed by atoms with Crippen molar-refractivity contribution in [1.82, 2.24) is 5.43 Å². The number of thiophene rings is 1. The van der Waals surface area contributed by atoms with E-state index < -0.39 is 9.84 Å². The minimum absolute atomic E-state index is 0.0225. The molecular weight excluding hydrogens is 260 g/mol. The van der Waals surface area contributed by atoms with Gasteiger partial charge in [-0.15, -0.1) is 11.3 Å². The van der Waals surface area contributed by atoms with Crippen molar-refractivity contribution in [3.63, 3.8) is 0 Å². The zero-order valence-electron chi connectivity index (χ0n) is 9.97. The summed E-state index contributed by atoms with van der Waals surface area (Å²) in [5.74, 6) is 6.46. The largest absolute Gasteiger partial charge is 0.496 e. The van der Waals surface area contributed by atoms with E-state index in [2.05, 4.69) is 5.43 Å². The molecule has 1 unspecified atom stereocenters. The van der Waals surface area contributed by atoms with Crippen molar-refractivity contribution in [1.29, 1.82) is 0 Å². The molecule has 17 heavy (non-hydrogen) atoms. The Hall–Kier alpha value is -0.630. The molecule has 0 saturated heterocycles. The van der Waals surface area contributed by atoms with Gasteiger partial charge < -0.3 is 4.74 Å². The van der Waals surface area contributed by atoms with E-state index in [4.69, 9.17) is 10.6 Å². The highest BCUT2D eigenvalue weighted by atomic mass is 32.2. The number of nitrogens with two attached hydrogens (primary N) is 1. The number of sulfone groups is 1. The van der Waals surface area contributed by atoms with E-state index in [1.807, 2.05) is 11.4 Å². The van der Waals surface area contributed by atoms with Crippen LogP contribution in [0.1, 0.15) is 23.8 Å². The van der Waals surface area contributed by atoms with Crippen LogP contribution in [0.5, 0.6) is 5.75 Å². The first-order valence-corrected chi connectivity index (χ1v) is 8.16. The predicted octanol–water partition coefficient (Wildman–Crippen LogP) is 1.09. The Labute approximate surface area is 106 Å². The molecule has 0 fully saturated rings. The Kier molecular flexibility index (Phi) is 5.38. The monoisotopic (exact) mass is 278 g/mol. The average Bonchev–Trinajstić information content (AvgIpc) is 2.71. The van der Waals surface area contributed by atoms with Crippen molar-refractivity contribution < 1.29 is 13.2 Å². The fourth-order valence-electron chi connectivity index (χ4n) is 1.48. The predicted molar refractivity (Wildman–Crippen MR) is 69.9 cm³/mol. The molecule has 1 aromatic rings. The third-order valence-corrected chi connectivity index (χ3v) is 4.44. The molecule has 0 bridgehead atoms. The summed E-state index contributed by atoms with van der Waals surface area (Å²) >= 11 is 1.55. The summed E-state index contributed by atoms with van der Waals surface area (Å²) in [5, 5.41) is 1.90. The summed E-state index contributed by atoms with van der Waals surface area (Å²) in [6.45, 7) is 0. The number of ether oxygens (including phenoxy) is 1. The van der Waals surface area contributed by atoms with Gasteiger partial charge in [-0.1, -0.05) is 0 Å². The molecule has 7 heteroatoms. The molecule has 3 N–H and O–H groups in total. The third-order valence-electron chi connectivity index (χ3n) is 2.38. The van der Waals surface area contributed by atoms with Crippen LogP contribution in [-0.2, 0) is 9.84 Å². The molecule has 1 rings (SSSR count). The first-order chi connectivity index (χ1) is 7.96. The average molecular weight is 278 g/mol. The summed E-state index contributed by atoms with van der Waals surface area (Å²) < 4.78 is 27.1. The van der Waals surface area contributed by atoms with Crippen LogP contribution in [0, 0.1) is 0 Å². The summed E-state index contributed by atoms with van der Waals surface area (Å²) in [7, 11) is -1.29. The normalized spacial score (nSPS) is 13.6. The van der Waals surface area contributed by atoms with Gasteiger partial charge in [0.25, 0.3) is 0 Å². The van der Waals surface area contributed by atoms with Crippen LogP contribution < -0.4 is 16.0 Å². The second-order valence-corrected chi connectivity index (χ2v) is 7.08. The topological polar surface area (TPSA) is 81.4 Å². The molecule has 98 valence electrons. The zero-order valence-corrected chi connectivity index (χ0v) is 11.6. The Bertz CT molecular complexity index is 442. The highest BCUT2D eigenvalue weighted by Gasteiger charge is 2.13. The standard InChI is InChI=1S/C10H18N2O3S2/c1-15-8-6-10(16-7-8)9(12-11)4-3-5-17(2,13)14/h6-7,9,12H,3-5,11H2,1-2H3. The maximum absolute atomic E-state index is 11.0. The van der Waals surface area contributed by atoms with Gasteiger partial charge in [-0.2, -0.15) is 0 Å². The fourth-order valence-corrected chi connectivity index (χ4v) is 3.12. The lowest BCUT2D eigenvalue weighted by atomic mass is 10.1. The minimum atomic E-state index is -2.90. The lowest BCUT2D eigenvalue weighted by Crippen LogP contribution is -2.27. The van der Waals surface area contributed by atoms with Crippen LogP contribution >= 0.6 is 11.3 Å². The molecule has 0 aliphatic carbocycles. The summed E-state index contributed by atoms with van der Waals surface area (Å²) in [4.78, 5) is 1.05. The van der Waals surface area contributed by atoms with Crippen molar-refractivity contribution in [2.24, 2.45) is 5.84 Å². The quantitative estimate of drug-likeness (QED) is 0.576. The Morgan fingerprint density at radius 3 is 2.76 bits per heavy atom. The molecule has 0 saturated carbocycles. The number of rotatable bonds is 7. The molecule has 0 amide bonds. The maximum atomic E-state index is 11.0. The van der Waals surface area contributed by atoms with Gasteiger partial charge in [0.15, 0.2) is 0 Å². The number of hydrogen-bond acceptors (Lipinski definition) is 6. The lowest BCUT2D eigenvalue weighted by molar-refractivity contribution is 0.415. The van der Waals surface area contributed by atoms with E-state index in [1.54, 1.807) is 18.4 Å². The van der Waals surface area contributed by atoms with Gasteiger partial charge in [-0.25, -0.2) is 8.42 Å². The van der Waals surface area contributed by atoms with E-state index in [0.717, 1.165) is 10.6 Å². The van der Waals surface area contributed by atoms with Crippen LogP contribution in [0.3, 0.4) is 0 Å². The van der Waals surface area contributed by atoms with Crippen molar-refractivity contribution in [2.45, 2.75) is 18.9 Å². The van der Waals surface area contributed by atoms with Gasteiger partial charge in [0.1, 0.15) is 15.6 Å². The molecule has 1 heterocycles. The van der Waals surface area contributed by atoms with Crippen molar-refractivity contribution in [3.8, 4) is 5.75 Å². The third kappa shape index (κ3) is 5.03. The van der Waals surface area contributed by atoms with Crippen LogP contribution in [0.25, 0.3) is 0 Å². The van der Waals surface area contributed by atoms with E-state index in [9.17, 15) is 8.42 Å². The maximum Gasteiger partial charge on any atom is 0.147 e. The van der Waals surface area contributed by atoms with E-state index in [1.165, 1.54) is 6.26 Å². The number of hydrogen-bond donors (Lipinski definition) is 2. The first-order valence-electron chi connectivity index (χ1n) is 5.22.